The summed E-state index contributed by atoms with van der Waals surface area (Å²) in [6, 6.07) is 15.0. The van der Waals surface area contributed by atoms with Gasteiger partial charge in [-0.25, -0.2) is 0 Å². The van der Waals surface area contributed by atoms with Crippen LogP contribution in [0.3, 0.4) is 0 Å². The summed E-state index contributed by atoms with van der Waals surface area (Å²) in [6.45, 7) is 5.80. The normalized spacial score (nSPS) is 14.7. The highest BCUT2D eigenvalue weighted by molar-refractivity contribution is 6.43. The SMILES string of the molecule is COCn1c(=O)ccc2ccc(OCCCCN3CCN(c4cccc(Cl)c4Cl)CC3)cc21. The largest absolute Gasteiger partial charge is 0.494 e. The van der Waals surface area contributed by atoms with Gasteiger partial charge in [0.05, 0.1) is 27.9 Å². The molecule has 2 aromatic carbocycles. The van der Waals surface area contributed by atoms with Gasteiger partial charge in [-0.2, -0.15) is 0 Å². The van der Waals surface area contributed by atoms with Crippen molar-refractivity contribution < 1.29 is 9.47 Å². The van der Waals surface area contributed by atoms with E-state index in [0.29, 0.717) is 16.7 Å². The highest BCUT2D eigenvalue weighted by atomic mass is 35.5. The van der Waals surface area contributed by atoms with Gasteiger partial charge in [0, 0.05) is 45.4 Å². The molecular weight excluding hydrogens is 461 g/mol. The number of benzene rings is 2. The second-order valence-electron chi connectivity index (χ2n) is 8.20. The fraction of sp³-hybridized carbons (Fsp3) is 0.400. The standard InChI is InChI=1S/C25H29Cl2N3O3/c1-32-18-30-23-17-20(9-7-19(23)8-10-24(30)31)33-16-3-2-11-28-12-14-29(15-13-28)22-6-4-5-21(26)25(22)27/h4-10,17H,2-3,11-16,18H2,1H3. The first kappa shape index (κ1) is 23.9. The van der Waals surface area contributed by atoms with Crippen LogP contribution in [0.4, 0.5) is 5.69 Å². The Morgan fingerprint density at radius 1 is 0.970 bits per heavy atom. The Bertz CT molecular complexity index is 1140. The van der Waals surface area contributed by atoms with E-state index in [9.17, 15) is 4.79 Å². The van der Waals surface area contributed by atoms with Crippen LogP contribution in [0.15, 0.2) is 53.3 Å². The lowest BCUT2D eigenvalue weighted by molar-refractivity contribution is 0.132. The molecule has 1 aromatic heterocycles. The number of ether oxygens (including phenoxy) is 2. The van der Waals surface area contributed by atoms with Gasteiger partial charge in [0.2, 0.25) is 0 Å². The number of anilines is 1. The number of halogens is 2. The molecule has 0 N–H and O–H groups in total. The van der Waals surface area contributed by atoms with Gasteiger partial charge in [0.25, 0.3) is 5.56 Å². The summed E-state index contributed by atoms with van der Waals surface area (Å²) in [5.74, 6) is 0.768. The van der Waals surface area contributed by atoms with E-state index in [0.717, 1.165) is 67.9 Å². The molecule has 2 heterocycles. The Labute approximate surface area is 204 Å². The van der Waals surface area contributed by atoms with E-state index in [1.54, 1.807) is 17.7 Å². The minimum absolute atomic E-state index is 0.0840. The smallest absolute Gasteiger partial charge is 0.252 e. The third-order valence-electron chi connectivity index (χ3n) is 6.00. The van der Waals surface area contributed by atoms with Crippen LogP contribution in [-0.4, -0.2) is 55.9 Å². The van der Waals surface area contributed by atoms with E-state index in [4.69, 9.17) is 32.7 Å². The zero-order valence-corrected chi connectivity index (χ0v) is 20.3. The molecule has 33 heavy (non-hydrogen) atoms. The summed E-state index contributed by atoms with van der Waals surface area (Å²) in [4.78, 5) is 16.9. The lowest BCUT2D eigenvalue weighted by Gasteiger charge is -2.36. The van der Waals surface area contributed by atoms with E-state index in [1.165, 1.54) is 0 Å². The predicted octanol–water partition coefficient (Wildman–Crippen LogP) is 4.89. The monoisotopic (exact) mass is 489 g/mol. The fourth-order valence-electron chi connectivity index (χ4n) is 4.20. The van der Waals surface area contributed by atoms with E-state index in [2.05, 4.69) is 9.80 Å². The van der Waals surface area contributed by atoms with Gasteiger partial charge >= 0.3 is 0 Å². The number of unbranched alkanes of at least 4 members (excludes halogenated alkanes) is 1. The molecule has 0 bridgehead atoms. The van der Waals surface area contributed by atoms with E-state index in [1.807, 2.05) is 42.5 Å². The highest BCUT2D eigenvalue weighted by Gasteiger charge is 2.19. The van der Waals surface area contributed by atoms with Crippen LogP contribution in [-0.2, 0) is 11.5 Å². The fourth-order valence-corrected chi connectivity index (χ4v) is 4.61. The van der Waals surface area contributed by atoms with Gasteiger partial charge in [-0.05, 0) is 55.1 Å². The lowest BCUT2D eigenvalue weighted by atomic mass is 10.2. The van der Waals surface area contributed by atoms with E-state index < -0.39 is 0 Å². The lowest BCUT2D eigenvalue weighted by Crippen LogP contribution is -2.46. The number of rotatable bonds is 9. The minimum atomic E-state index is -0.0840. The number of aromatic nitrogens is 1. The summed E-state index contributed by atoms with van der Waals surface area (Å²) in [5, 5.41) is 2.22. The number of hydrogen-bond acceptors (Lipinski definition) is 5. The number of pyridine rings is 1. The van der Waals surface area contributed by atoms with E-state index in [-0.39, 0.29) is 12.3 Å². The molecule has 176 valence electrons. The van der Waals surface area contributed by atoms with Crippen molar-refractivity contribution >= 4 is 39.8 Å². The summed E-state index contributed by atoms with van der Waals surface area (Å²) in [6.07, 6.45) is 2.04. The van der Waals surface area contributed by atoms with Crippen molar-refractivity contribution in [3.05, 3.63) is 68.9 Å². The van der Waals surface area contributed by atoms with Crippen molar-refractivity contribution in [2.75, 3.05) is 51.3 Å². The topological polar surface area (TPSA) is 46.9 Å². The molecule has 3 aromatic rings. The van der Waals surface area contributed by atoms with Crippen molar-refractivity contribution in [2.24, 2.45) is 0 Å². The molecule has 8 heteroatoms. The van der Waals surface area contributed by atoms with Crippen LogP contribution in [0.5, 0.6) is 5.75 Å². The molecule has 6 nitrogen and oxygen atoms in total. The van der Waals surface area contributed by atoms with Crippen LogP contribution in [0.25, 0.3) is 10.9 Å². The minimum Gasteiger partial charge on any atom is -0.494 e. The average Bonchev–Trinajstić information content (AvgIpc) is 2.83. The summed E-state index contributed by atoms with van der Waals surface area (Å²) in [5.41, 5.74) is 1.75. The Kier molecular flexibility index (Phi) is 8.15. The molecule has 1 aliphatic rings. The number of methoxy groups -OCH3 is 1. The molecule has 1 saturated heterocycles. The van der Waals surface area contributed by atoms with Gasteiger partial charge in [-0.3, -0.25) is 14.3 Å². The Hall–Kier alpha value is -2.25. The first-order valence-electron chi connectivity index (χ1n) is 11.2. The molecule has 0 spiro atoms. The molecule has 0 radical (unpaired) electrons. The van der Waals surface area contributed by atoms with E-state index >= 15 is 0 Å². The van der Waals surface area contributed by atoms with Crippen LogP contribution in [0, 0.1) is 0 Å². The second-order valence-corrected chi connectivity index (χ2v) is 8.98. The number of piperazine rings is 1. The van der Waals surface area contributed by atoms with Crippen LogP contribution >= 0.6 is 23.2 Å². The maximum atomic E-state index is 12.1. The maximum absolute atomic E-state index is 12.1. The van der Waals surface area contributed by atoms with Crippen molar-refractivity contribution in [1.82, 2.24) is 9.47 Å². The zero-order chi connectivity index (χ0) is 23.2. The average molecular weight is 490 g/mol. The quantitative estimate of drug-likeness (QED) is 0.400. The summed E-state index contributed by atoms with van der Waals surface area (Å²) >= 11 is 12.5. The molecule has 0 saturated carbocycles. The number of fused-ring (bicyclic) bond motifs is 1. The number of nitrogens with zero attached hydrogens (tertiary/aromatic N) is 3. The maximum Gasteiger partial charge on any atom is 0.252 e. The number of hydrogen-bond donors (Lipinski definition) is 0. The summed E-state index contributed by atoms with van der Waals surface area (Å²) in [7, 11) is 1.58. The molecular formula is C25H29Cl2N3O3. The van der Waals surface area contributed by atoms with Crippen molar-refractivity contribution in [3.63, 3.8) is 0 Å². The van der Waals surface area contributed by atoms with Crippen molar-refractivity contribution in [3.8, 4) is 5.75 Å². The van der Waals surface area contributed by atoms with Gasteiger partial charge in [-0.1, -0.05) is 29.3 Å². The first-order chi connectivity index (χ1) is 16.1. The summed E-state index contributed by atoms with van der Waals surface area (Å²) < 4.78 is 12.7. The van der Waals surface area contributed by atoms with Crippen LogP contribution < -0.4 is 15.2 Å². The highest BCUT2D eigenvalue weighted by Crippen LogP contribution is 2.32. The van der Waals surface area contributed by atoms with Crippen molar-refractivity contribution in [2.45, 2.75) is 19.6 Å². The molecule has 1 aliphatic heterocycles. The second kappa shape index (κ2) is 11.3. The third kappa shape index (κ3) is 5.82. The molecule has 0 aliphatic carbocycles. The Morgan fingerprint density at radius 2 is 1.76 bits per heavy atom. The van der Waals surface area contributed by atoms with Gasteiger partial charge < -0.3 is 14.4 Å². The molecule has 0 atom stereocenters. The van der Waals surface area contributed by atoms with Gasteiger partial charge in [0.15, 0.2) is 0 Å². The molecule has 0 unspecified atom stereocenters. The zero-order valence-electron chi connectivity index (χ0n) is 18.8. The van der Waals surface area contributed by atoms with Gasteiger partial charge in [-0.15, -0.1) is 0 Å². The Balaban J connectivity index is 1.22. The van der Waals surface area contributed by atoms with Crippen LogP contribution in [0.2, 0.25) is 10.0 Å². The molecule has 4 rings (SSSR count). The third-order valence-corrected chi connectivity index (χ3v) is 6.81. The first-order valence-corrected chi connectivity index (χ1v) is 12.0. The van der Waals surface area contributed by atoms with Crippen LogP contribution in [0.1, 0.15) is 12.8 Å². The Morgan fingerprint density at radius 3 is 2.55 bits per heavy atom. The predicted molar refractivity (Wildman–Crippen MR) is 135 cm³/mol. The molecule has 1 fully saturated rings. The van der Waals surface area contributed by atoms with Gasteiger partial charge in [0.1, 0.15) is 12.5 Å². The van der Waals surface area contributed by atoms with Crippen molar-refractivity contribution in [1.29, 1.82) is 0 Å². The molecule has 0 amide bonds.